The van der Waals surface area contributed by atoms with Gasteiger partial charge < -0.3 is 8.83 Å². The Kier molecular flexibility index (Phi) is 4.80. The number of pyridine rings is 1. The summed E-state index contributed by atoms with van der Waals surface area (Å²) in [6, 6.07) is 10.6. The van der Waals surface area contributed by atoms with Crippen LogP contribution in [-0.2, 0) is 19.9 Å². The van der Waals surface area contributed by atoms with E-state index >= 15 is 0 Å². The predicted octanol–water partition coefficient (Wildman–Crippen LogP) is 8.77. The van der Waals surface area contributed by atoms with Gasteiger partial charge in [-0.3, -0.25) is 0 Å². The SMILES string of the molecule is Cc1c2c(c(CC(C)(C)C)c3c1oc1ccccc13)Sc1c(CC(C)(C)C)oc3cc[n+](C)c-2c13. The summed E-state index contributed by atoms with van der Waals surface area (Å²) in [5.41, 5.74) is 8.38. The largest absolute Gasteiger partial charge is 0.459 e. The average Bonchev–Trinajstić information content (AvgIpc) is 3.30. The Bertz CT molecular complexity index is 1650. The third-order valence-corrected chi connectivity index (χ3v) is 8.24. The Hall–Kier alpha value is -2.72. The molecule has 0 saturated carbocycles. The molecule has 0 bridgehead atoms. The molecule has 6 rings (SSSR count). The fraction of sp³-hybridized carbons (Fsp3) is 0.387. The van der Waals surface area contributed by atoms with Gasteiger partial charge in [-0.1, -0.05) is 71.5 Å². The Labute approximate surface area is 211 Å². The van der Waals surface area contributed by atoms with E-state index < -0.39 is 0 Å². The monoisotopic (exact) mass is 484 g/mol. The molecule has 0 aliphatic carbocycles. The first kappa shape index (κ1) is 22.7. The minimum atomic E-state index is 0.133. The highest BCUT2D eigenvalue weighted by Gasteiger charge is 2.37. The van der Waals surface area contributed by atoms with E-state index in [4.69, 9.17) is 8.83 Å². The molecule has 180 valence electrons. The minimum absolute atomic E-state index is 0.133. The van der Waals surface area contributed by atoms with E-state index in [9.17, 15) is 0 Å². The second-order valence-corrected chi connectivity index (χ2v) is 13.6. The molecule has 0 fully saturated rings. The topological polar surface area (TPSA) is 30.2 Å². The molecule has 0 spiro atoms. The van der Waals surface area contributed by atoms with Crippen molar-refractivity contribution in [3.8, 4) is 11.3 Å². The van der Waals surface area contributed by atoms with Crippen molar-refractivity contribution in [1.82, 2.24) is 0 Å². The zero-order chi connectivity index (χ0) is 24.9. The molecule has 0 radical (unpaired) electrons. The normalized spacial score (nSPS) is 13.8. The minimum Gasteiger partial charge on any atom is -0.459 e. The highest BCUT2D eigenvalue weighted by Crippen LogP contribution is 2.55. The molecule has 1 aliphatic rings. The Balaban J connectivity index is 1.78. The number of hydrogen-bond acceptors (Lipinski definition) is 3. The maximum Gasteiger partial charge on any atom is 0.226 e. The van der Waals surface area contributed by atoms with Gasteiger partial charge in [0.05, 0.1) is 10.5 Å². The van der Waals surface area contributed by atoms with E-state index in [2.05, 4.69) is 96.6 Å². The number of nitrogens with zero attached hydrogens (tertiary/aromatic N) is 1. The summed E-state index contributed by atoms with van der Waals surface area (Å²) in [6.45, 7) is 16.1. The summed E-state index contributed by atoms with van der Waals surface area (Å²) >= 11 is 1.92. The first-order chi connectivity index (χ1) is 16.4. The van der Waals surface area contributed by atoms with Crippen LogP contribution in [0.25, 0.3) is 44.2 Å². The van der Waals surface area contributed by atoms with E-state index in [1.807, 2.05) is 11.8 Å². The van der Waals surface area contributed by atoms with Crippen LogP contribution in [0.2, 0.25) is 0 Å². The number of furan rings is 2. The third-order valence-electron chi connectivity index (χ3n) is 6.95. The molecule has 5 aromatic rings. The molecule has 0 saturated heterocycles. The van der Waals surface area contributed by atoms with Gasteiger partial charge in [-0.2, -0.15) is 0 Å². The van der Waals surface area contributed by atoms with Crippen molar-refractivity contribution in [2.75, 3.05) is 0 Å². The van der Waals surface area contributed by atoms with E-state index in [0.717, 1.165) is 35.4 Å². The number of aryl methyl sites for hydroxylation is 2. The van der Waals surface area contributed by atoms with Crippen molar-refractivity contribution in [3.05, 3.63) is 53.4 Å². The molecule has 0 N–H and O–H groups in total. The highest BCUT2D eigenvalue weighted by molar-refractivity contribution is 8.00. The molecule has 3 aromatic heterocycles. The summed E-state index contributed by atoms with van der Waals surface area (Å²) in [7, 11) is 2.15. The molecule has 4 heteroatoms. The van der Waals surface area contributed by atoms with Gasteiger partial charge >= 0.3 is 0 Å². The van der Waals surface area contributed by atoms with Crippen LogP contribution in [0.5, 0.6) is 0 Å². The second kappa shape index (κ2) is 7.39. The van der Waals surface area contributed by atoms with Gasteiger partial charge in [0.15, 0.2) is 6.20 Å². The van der Waals surface area contributed by atoms with Crippen molar-refractivity contribution in [3.63, 3.8) is 0 Å². The van der Waals surface area contributed by atoms with Crippen LogP contribution in [0.1, 0.15) is 58.4 Å². The number of para-hydroxylation sites is 1. The summed E-state index contributed by atoms with van der Waals surface area (Å²) in [5, 5.41) is 3.73. The quantitative estimate of drug-likeness (QED) is 0.230. The van der Waals surface area contributed by atoms with Crippen LogP contribution in [0.15, 0.2) is 55.2 Å². The number of benzene rings is 2. The molecular formula is C31H34NO2S+. The van der Waals surface area contributed by atoms with Crippen molar-refractivity contribution < 1.29 is 13.4 Å². The first-order valence-corrected chi connectivity index (χ1v) is 13.3. The van der Waals surface area contributed by atoms with Gasteiger partial charge in [0, 0.05) is 33.7 Å². The standard InChI is InChI=1S/C31H34NO2S/c1-17-23-26-25-21(13-14-32(26)8)33-22(16-31(5,6)7)29(25)35-28(23)19(15-30(2,3)4)24-18-11-9-10-12-20(18)34-27(17)24/h9-14H,15-16H2,1-8H3/q+1. The number of rotatable bonds is 2. The third kappa shape index (κ3) is 3.52. The van der Waals surface area contributed by atoms with Gasteiger partial charge in [-0.05, 0) is 35.8 Å². The molecular weight excluding hydrogens is 450 g/mol. The van der Waals surface area contributed by atoms with E-state index in [0.29, 0.717) is 0 Å². The average molecular weight is 485 g/mol. The Morgan fingerprint density at radius 2 is 1.54 bits per heavy atom. The lowest BCUT2D eigenvalue weighted by atomic mass is 9.84. The van der Waals surface area contributed by atoms with E-state index in [1.54, 1.807) is 0 Å². The molecule has 0 atom stereocenters. The van der Waals surface area contributed by atoms with Crippen molar-refractivity contribution >= 4 is 44.7 Å². The van der Waals surface area contributed by atoms with Crippen molar-refractivity contribution in [1.29, 1.82) is 0 Å². The van der Waals surface area contributed by atoms with Gasteiger partial charge in [0.2, 0.25) is 5.69 Å². The summed E-state index contributed by atoms with van der Waals surface area (Å²) in [4.78, 5) is 2.65. The van der Waals surface area contributed by atoms with E-state index in [1.165, 1.54) is 48.3 Å². The molecule has 0 unspecified atom stereocenters. The predicted molar refractivity (Wildman–Crippen MR) is 145 cm³/mol. The summed E-state index contributed by atoms with van der Waals surface area (Å²) in [6.07, 6.45) is 4.02. The van der Waals surface area contributed by atoms with Crippen molar-refractivity contribution in [2.24, 2.45) is 17.9 Å². The van der Waals surface area contributed by atoms with Crippen molar-refractivity contribution in [2.45, 2.75) is 71.1 Å². The number of hydrogen-bond donors (Lipinski definition) is 0. The lowest BCUT2D eigenvalue weighted by Crippen LogP contribution is -2.31. The van der Waals surface area contributed by atoms with Gasteiger partial charge in [-0.25, -0.2) is 4.57 Å². The first-order valence-electron chi connectivity index (χ1n) is 12.5. The molecule has 2 aromatic carbocycles. The molecule has 35 heavy (non-hydrogen) atoms. The van der Waals surface area contributed by atoms with Crippen LogP contribution in [0.4, 0.5) is 0 Å². The van der Waals surface area contributed by atoms with Crippen LogP contribution in [0, 0.1) is 17.8 Å². The fourth-order valence-corrected chi connectivity index (χ4v) is 7.00. The molecule has 1 aliphatic heterocycles. The zero-order valence-electron chi connectivity index (χ0n) is 22.1. The van der Waals surface area contributed by atoms with Crippen LogP contribution >= 0.6 is 11.8 Å². The lowest BCUT2D eigenvalue weighted by Gasteiger charge is -2.26. The van der Waals surface area contributed by atoms with Crippen LogP contribution < -0.4 is 4.57 Å². The zero-order valence-corrected chi connectivity index (χ0v) is 22.9. The summed E-state index contributed by atoms with van der Waals surface area (Å²) < 4.78 is 15.4. The fourth-order valence-electron chi connectivity index (χ4n) is 5.62. The molecule has 4 heterocycles. The number of aromatic nitrogens is 1. The van der Waals surface area contributed by atoms with Crippen LogP contribution in [-0.4, -0.2) is 0 Å². The van der Waals surface area contributed by atoms with Gasteiger partial charge in [0.1, 0.15) is 34.9 Å². The number of fused-ring (bicyclic) bond motifs is 5. The van der Waals surface area contributed by atoms with E-state index in [-0.39, 0.29) is 10.8 Å². The van der Waals surface area contributed by atoms with Gasteiger partial charge in [0.25, 0.3) is 0 Å². The van der Waals surface area contributed by atoms with Gasteiger partial charge in [-0.15, -0.1) is 0 Å². The molecule has 0 amide bonds. The molecule has 3 nitrogen and oxygen atoms in total. The highest BCUT2D eigenvalue weighted by atomic mass is 32.2. The smallest absolute Gasteiger partial charge is 0.226 e. The Morgan fingerprint density at radius 3 is 2.26 bits per heavy atom. The maximum absolute atomic E-state index is 6.56. The Morgan fingerprint density at radius 1 is 0.829 bits per heavy atom. The maximum atomic E-state index is 6.56. The van der Waals surface area contributed by atoms with Crippen LogP contribution in [0.3, 0.4) is 0 Å². The lowest BCUT2D eigenvalue weighted by molar-refractivity contribution is -0.659. The second-order valence-electron chi connectivity index (χ2n) is 12.6. The summed E-state index contributed by atoms with van der Waals surface area (Å²) in [5.74, 6) is 1.10.